The number of pyridine rings is 1. The number of nitrogens with zero attached hydrogens (tertiary/aromatic N) is 3. The SMILES string of the molecule is COc1ccc2c(C)cc3nnc(SCC(=O)Nc4cc(C)cc(C)c4)n3c2c1. The molecule has 0 aliphatic carbocycles. The maximum Gasteiger partial charge on any atom is 0.234 e. The molecule has 0 fully saturated rings. The van der Waals surface area contributed by atoms with Gasteiger partial charge in [-0.15, -0.1) is 10.2 Å². The number of carbonyl (C=O) groups excluding carboxylic acids is 1. The standard InChI is InChI=1S/C22H22N4O2S/c1-13-7-14(2)9-16(8-13)23-21(27)12-29-22-25-24-20-10-15(3)18-6-5-17(28-4)11-19(18)26(20)22/h5-11H,12H2,1-4H3,(H,23,27). The highest BCUT2D eigenvalue weighted by Gasteiger charge is 2.14. The number of thioether (sulfide) groups is 1. The summed E-state index contributed by atoms with van der Waals surface area (Å²) in [4.78, 5) is 12.5. The van der Waals surface area contributed by atoms with Gasteiger partial charge in [0.1, 0.15) is 5.75 Å². The second kappa shape index (κ2) is 7.75. The second-order valence-electron chi connectivity index (χ2n) is 7.10. The van der Waals surface area contributed by atoms with Crippen LogP contribution >= 0.6 is 11.8 Å². The van der Waals surface area contributed by atoms with E-state index >= 15 is 0 Å². The number of anilines is 1. The van der Waals surface area contributed by atoms with Gasteiger partial charge in [-0.2, -0.15) is 0 Å². The van der Waals surface area contributed by atoms with Gasteiger partial charge in [-0.25, -0.2) is 0 Å². The molecule has 29 heavy (non-hydrogen) atoms. The molecule has 2 heterocycles. The Morgan fingerprint density at radius 2 is 1.83 bits per heavy atom. The van der Waals surface area contributed by atoms with Crippen LogP contribution in [0.5, 0.6) is 5.75 Å². The first kappa shape index (κ1) is 19.3. The van der Waals surface area contributed by atoms with Gasteiger partial charge in [-0.3, -0.25) is 9.20 Å². The van der Waals surface area contributed by atoms with E-state index in [0.29, 0.717) is 5.16 Å². The van der Waals surface area contributed by atoms with Crippen LogP contribution in [0.1, 0.15) is 16.7 Å². The molecule has 0 saturated carbocycles. The van der Waals surface area contributed by atoms with E-state index in [0.717, 1.165) is 44.7 Å². The lowest BCUT2D eigenvalue weighted by atomic mass is 10.1. The molecule has 0 unspecified atom stereocenters. The van der Waals surface area contributed by atoms with E-state index in [9.17, 15) is 4.79 Å². The van der Waals surface area contributed by atoms with Gasteiger partial charge in [0, 0.05) is 17.1 Å². The van der Waals surface area contributed by atoms with Gasteiger partial charge in [0.15, 0.2) is 10.8 Å². The predicted molar refractivity (Wildman–Crippen MR) is 117 cm³/mol. The van der Waals surface area contributed by atoms with Gasteiger partial charge >= 0.3 is 0 Å². The molecule has 0 aliphatic rings. The molecule has 0 aliphatic heterocycles. The molecule has 6 nitrogen and oxygen atoms in total. The van der Waals surface area contributed by atoms with Crippen LogP contribution in [0.4, 0.5) is 5.69 Å². The topological polar surface area (TPSA) is 68.5 Å². The molecule has 0 saturated heterocycles. The van der Waals surface area contributed by atoms with Crippen LogP contribution in [0.2, 0.25) is 0 Å². The van der Waals surface area contributed by atoms with Crippen molar-refractivity contribution in [3.63, 3.8) is 0 Å². The fourth-order valence-electron chi connectivity index (χ4n) is 3.50. The van der Waals surface area contributed by atoms with Crippen LogP contribution in [-0.4, -0.2) is 33.4 Å². The Balaban J connectivity index is 1.61. The van der Waals surface area contributed by atoms with Crippen molar-refractivity contribution in [1.82, 2.24) is 14.6 Å². The first-order valence-electron chi connectivity index (χ1n) is 9.28. The Labute approximate surface area is 173 Å². The quantitative estimate of drug-likeness (QED) is 0.493. The van der Waals surface area contributed by atoms with E-state index in [1.54, 1.807) is 7.11 Å². The third kappa shape index (κ3) is 3.91. The van der Waals surface area contributed by atoms with Crippen LogP contribution in [0.25, 0.3) is 16.6 Å². The van der Waals surface area contributed by atoms with Gasteiger partial charge < -0.3 is 10.1 Å². The van der Waals surface area contributed by atoms with Crippen LogP contribution < -0.4 is 10.1 Å². The van der Waals surface area contributed by atoms with E-state index in [1.807, 2.05) is 61.6 Å². The van der Waals surface area contributed by atoms with E-state index < -0.39 is 0 Å². The van der Waals surface area contributed by atoms with Gasteiger partial charge in [0.25, 0.3) is 0 Å². The van der Waals surface area contributed by atoms with Gasteiger partial charge in [0.05, 0.1) is 18.4 Å². The summed E-state index contributed by atoms with van der Waals surface area (Å²) in [6, 6.07) is 13.9. The molecule has 148 valence electrons. The van der Waals surface area contributed by atoms with Crippen molar-refractivity contribution < 1.29 is 9.53 Å². The van der Waals surface area contributed by atoms with Crippen molar-refractivity contribution in [2.75, 3.05) is 18.2 Å². The van der Waals surface area contributed by atoms with Crippen molar-refractivity contribution in [2.45, 2.75) is 25.9 Å². The molecule has 2 aromatic heterocycles. The fraction of sp³-hybridized carbons (Fsp3) is 0.227. The zero-order chi connectivity index (χ0) is 20.5. The highest BCUT2D eigenvalue weighted by molar-refractivity contribution is 7.99. The molecule has 0 radical (unpaired) electrons. The summed E-state index contributed by atoms with van der Waals surface area (Å²) in [5.41, 5.74) is 5.87. The maximum absolute atomic E-state index is 12.5. The van der Waals surface area contributed by atoms with Gasteiger partial charge in [0.2, 0.25) is 5.91 Å². The normalized spacial score (nSPS) is 11.2. The number of ether oxygens (including phenoxy) is 1. The zero-order valence-electron chi connectivity index (χ0n) is 16.8. The number of hydrogen-bond acceptors (Lipinski definition) is 5. The lowest BCUT2D eigenvalue weighted by molar-refractivity contribution is -0.113. The molecular weight excluding hydrogens is 384 g/mol. The number of amides is 1. The average Bonchev–Trinajstić information content (AvgIpc) is 3.08. The van der Waals surface area contributed by atoms with Crippen molar-refractivity contribution in [1.29, 1.82) is 0 Å². The third-order valence-electron chi connectivity index (χ3n) is 4.71. The van der Waals surface area contributed by atoms with E-state index in [4.69, 9.17) is 4.74 Å². The average molecular weight is 407 g/mol. The Morgan fingerprint density at radius 3 is 2.55 bits per heavy atom. The van der Waals surface area contributed by atoms with Crippen molar-refractivity contribution in [3.8, 4) is 5.75 Å². The number of fused-ring (bicyclic) bond motifs is 3. The van der Waals surface area contributed by atoms with Crippen LogP contribution in [0.3, 0.4) is 0 Å². The number of methoxy groups -OCH3 is 1. The number of rotatable bonds is 5. The minimum absolute atomic E-state index is 0.0780. The monoisotopic (exact) mass is 406 g/mol. The lowest BCUT2D eigenvalue weighted by Crippen LogP contribution is -2.14. The molecule has 2 aromatic carbocycles. The molecule has 1 amide bonds. The first-order valence-corrected chi connectivity index (χ1v) is 10.3. The van der Waals surface area contributed by atoms with E-state index in [2.05, 4.69) is 21.6 Å². The van der Waals surface area contributed by atoms with Crippen molar-refractivity contribution in [3.05, 3.63) is 59.2 Å². The lowest BCUT2D eigenvalue weighted by Gasteiger charge is -2.10. The Hall–Kier alpha value is -3.06. The summed E-state index contributed by atoms with van der Waals surface area (Å²) in [5.74, 6) is 0.931. The number of aromatic nitrogens is 3. The van der Waals surface area contributed by atoms with E-state index in [-0.39, 0.29) is 11.7 Å². The van der Waals surface area contributed by atoms with Crippen LogP contribution in [0.15, 0.2) is 47.6 Å². The third-order valence-corrected chi connectivity index (χ3v) is 5.64. The predicted octanol–water partition coefficient (Wildman–Crippen LogP) is 4.55. The molecule has 0 spiro atoms. The highest BCUT2D eigenvalue weighted by atomic mass is 32.2. The van der Waals surface area contributed by atoms with Crippen molar-refractivity contribution in [2.24, 2.45) is 0 Å². The summed E-state index contributed by atoms with van der Waals surface area (Å²) in [5, 5.41) is 13.3. The number of nitrogens with one attached hydrogen (secondary N) is 1. The molecule has 4 rings (SSSR count). The minimum atomic E-state index is -0.0780. The van der Waals surface area contributed by atoms with Gasteiger partial charge in [-0.05, 0) is 67.8 Å². The van der Waals surface area contributed by atoms with E-state index in [1.165, 1.54) is 11.8 Å². The van der Waals surface area contributed by atoms with Crippen molar-refractivity contribution >= 4 is 39.9 Å². The number of carbonyl (C=O) groups is 1. The summed E-state index contributed by atoms with van der Waals surface area (Å²) >= 11 is 1.36. The molecule has 7 heteroatoms. The smallest absolute Gasteiger partial charge is 0.234 e. The number of benzene rings is 2. The largest absolute Gasteiger partial charge is 0.497 e. The Kier molecular flexibility index (Phi) is 5.15. The van der Waals surface area contributed by atoms with Crippen LogP contribution in [0, 0.1) is 20.8 Å². The summed E-state index contributed by atoms with van der Waals surface area (Å²) in [7, 11) is 1.65. The molecule has 1 N–H and O–H groups in total. The number of aryl methyl sites for hydroxylation is 3. The molecule has 0 bridgehead atoms. The van der Waals surface area contributed by atoms with Gasteiger partial charge in [-0.1, -0.05) is 17.8 Å². The molecular formula is C22H22N4O2S. The summed E-state index contributed by atoms with van der Waals surface area (Å²) < 4.78 is 7.36. The Morgan fingerprint density at radius 1 is 1.07 bits per heavy atom. The minimum Gasteiger partial charge on any atom is -0.497 e. The first-order chi connectivity index (χ1) is 13.9. The zero-order valence-corrected chi connectivity index (χ0v) is 17.6. The second-order valence-corrected chi connectivity index (χ2v) is 8.04. The Bertz CT molecular complexity index is 1210. The highest BCUT2D eigenvalue weighted by Crippen LogP contribution is 2.28. The fourth-order valence-corrected chi connectivity index (χ4v) is 4.25. The number of hydrogen-bond donors (Lipinski definition) is 1. The maximum atomic E-state index is 12.5. The molecule has 0 atom stereocenters. The molecule has 4 aromatic rings. The summed E-state index contributed by atoms with van der Waals surface area (Å²) in [6.45, 7) is 6.08. The van der Waals surface area contributed by atoms with Crippen LogP contribution in [-0.2, 0) is 4.79 Å². The summed E-state index contributed by atoms with van der Waals surface area (Å²) in [6.07, 6.45) is 0.